The Labute approximate surface area is 164 Å². The number of fused-ring (bicyclic) bond motifs is 1. The van der Waals surface area contributed by atoms with Crippen LogP contribution in [0.25, 0.3) is 0 Å². The molecule has 0 fully saturated rings. The Bertz CT molecular complexity index is 866. The second kappa shape index (κ2) is 8.01. The van der Waals surface area contributed by atoms with Crippen LogP contribution in [0.4, 0.5) is 11.4 Å². The highest BCUT2D eigenvalue weighted by Gasteiger charge is 2.30. The molecule has 2 aromatic carbocycles. The molecule has 6 heteroatoms. The molecule has 0 bridgehead atoms. The summed E-state index contributed by atoms with van der Waals surface area (Å²) in [5.74, 6) is -0.160. The molecule has 0 spiro atoms. The number of halogens is 1. The second-order valence-corrected chi connectivity index (χ2v) is 7.42. The van der Waals surface area contributed by atoms with E-state index in [0.29, 0.717) is 17.3 Å². The molecule has 0 aromatic heterocycles. The Balaban J connectivity index is 1.84. The summed E-state index contributed by atoms with van der Waals surface area (Å²) in [7, 11) is 3.82. The number of carbonyl (C=O) groups is 2. The third-order valence-corrected chi connectivity index (χ3v) is 5.15. The Morgan fingerprint density at radius 1 is 1.22 bits per heavy atom. The van der Waals surface area contributed by atoms with Gasteiger partial charge in [0.2, 0.25) is 11.8 Å². The fourth-order valence-electron chi connectivity index (χ4n) is 3.62. The molecule has 27 heavy (non-hydrogen) atoms. The van der Waals surface area contributed by atoms with Gasteiger partial charge in [-0.25, -0.2) is 0 Å². The fourth-order valence-corrected chi connectivity index (χ4v) is 3.80. The largest absolute Gasteiger partial charge is 0.376 e. The summed E-state index contributed by atoms with van der Waals surface area (Å²) in [6.45, 7) is 2.18. The fraction of sp³-hybridized carbons (Fsp3) is 0.333. The molecule has 0 aliphatic carbocycles. The van der Waals surface area contributed by atoms with Crippen LogP contribution in [-0.2, 0) is 16.0 Å². The zero-order valence-corrected chi connectivity index (χ0v) is 16.6. The van der Waals surface area contributed by atoms with Crippen molar-refractivity contribution in [3.8, 4) is 0 Å². The van der Waals surface area contributed by atoms with Crippen molar-refractivity contribution in [3.63, 3.8) is 0 Å². The zero-order chi connectivity index (χ0) is 19.6. The van der Waals surface area contributed by atoms with Crippen molar-refractivity contribution >= 4 is 34.8 Å². The van der Waals surface area contributed by atoms with Crippen LogP contribution < -0.4 is 10.2 Å². The molecule has 0 saturated heterocycles. The van der Waals surface area contributed by atoms with E-state index in [-0.39, 0.29) is 24.3 Å². The first-order valence-corrected chi connectivity index (χ1v) is 9.36. The van der Waals surface area contributed by atoms with E-state index < -0.39 is 0 Å². The number of hydrogen-bond donors (Lipinski definition) is 1. The van der Waals surface area contributed by atoms with Crippen molar-refractivity contribution in [2.45, 2.75) is 25.8 Å². The van der Waals surface area contributed by atoms with Gasteiger partial charge in [0.15, 0.2) is 0 Å². The molecule has 5 nitrogen and oxygen atoms in total. The molecule has 0 saturated carbocycles. The summed E-state index contributed by atoms with van der Waals surface area (Å²) in [5, 5.41) is 3.53. The Morgan fingerprint density at radius 2 is 1.96 bits per heavy atom. The molecule has 142 valence electrons. The van der Waals surface area contributed by atoms with Gasteiger partial charge < -0.3 is 15.1 Å². The van der Waals surface area contributed by atoms with Crippen LogP contribution >= 0.6 is 11.6 Å². The summed E-state index contributed by atoms with van der Waals surface area (Å²) in [4.78, 5) is 28.7. The van der Waals surface area contributed by atoms with E-state index in [1.165, 1.54) is 5.56 Å². The lowest BCUT2D eigenvalue weighted by Gasteiger charge is -2.36. The van der Waals surface area contributed by atoms with Gasteiger partial charge >= 0.3 is 0 Å². The third-order valence-electron chi connectivity index (χ3n) is 4.91. The quantitative estimate of drug-likeness (QED) is 0.868. The van der Waals surface area contributed by atoms with E-state index in [1.54, 1.807) is 24.0 Å². The average molecular weight is 386 g/mol. The molecule has 1 aliphatic heterocycles. The summed E-state index contributed by atoms with van der Waals surface area (Å²) in [5.41, 5.74) is 3.79. The molecule has 2 aromatic rings. The highest BCUT2D eigenvalue weighted by atomic mass is 35.5. The minimum Gasteiger partial charge on any atom is -0.376 e. The minimum absolute atomic E-state index is 0.0148. The number of anilines is 2. The molecule has 3 rings (SSSR count). The van der Waals surface area contributed by atoms with E-state index >= 15 is 0 Å². The van der Waals surface area contributed by atoms with Gasteiger partial charge in [-0.3, -0.25) is 9.59 Å². The topological polar surface area (TPSA) is 52.7 Å². The van der Waals surface area contributed by atoms with Crippen LogP contribution in [0.5, 0.6) is 0 Å². The predicted octanol–water partition coefficient (Wildman–Crippen LogP) is 3.88. The minimum atomic E-state index is -0.255. The standard InChI is InChI=1S/C21H24ClN3O2/c1-14(26)25-11-10-15-6-4-5-7-17(15)20(25)13-21(27)23-18-12-16(22)8-9-19(18)24(2)3/h4-9,12,20H,10-11,13H2,1-3H3,(H,23,27). The molecule has 0 radical (unpaired) electrons. The van der Waals surface area contributed by atoms with E-state index in [2.05, 4.69) is 11.4 Å². The van der Waals surface area contributed by atoms with Crippen LogP contribution in [0, 0.1) is 0 Å². The summed E-state index contributed by atoms with van der Waals surface area (Å²) in [6.07, 6.45) is 1.02. The van der Waals surface area contributed by atoms with Crippen LogP contribution in [-0.4, -0.2) is 37.4 Å². The Morgan fingerprint density at radius 3 is 2.67 bits per heavy atom. The van der Waals surface area contributed by atoms with Crippen LogP contribution in [0.3, 0.4) is 0 Å². The lowest BCUT2D eigenvalue weighted by Crippen LogP contribution is -2.40. The van der Waals surface area contributed by atoms with E-state index in [9.17, 15) is 9.59 Å². The second-order valence-electron chi connectivity index (χ2n) is 6.99. The van der Waals surface area contributed by atoms with E-state index in [1.807, 2.05) is 43.3 Å². The Kier molecular flexibility index (Phi) is 5.71. The van der Waals surface area contributed by atoms with Crippen molar-refractivity contribution < 1.29 is 9.59 Å². The summed E-state index contributed by atoms with van der Waals surface area (Å²) in [6, 6.07) is 13.2. The van der Waals surface area contributed by atoms with Crippen LogP contribution in [0.1, 0.15) is 30.5 Å². The lowest BCUT2D eigenvalue weighted by molar-refractivity contribution is -0.132. The van der Waals surface area contributed by atoms with Gasteiger partial charge in [-0.05, 0) is 35.7 Å². The van der Waals surface area contributed by atoms with Gasteiger partial charge in [0.05, 0.1) is 23.8 Å². The SMILES string of the molecule is CC(=O)N1CCc2ccccc2C1CC(=O)Nc1cc(Cl)ccc1N(C)C. The first-order chi connectivity index (χ1) is 12.9. The number of nitrogens with one attached hydrogen (secondary N) is 1. The van der Waals surface area contributed by atoms with Crippen LogP contribution in [0.2, 0.25) is 5.02 Å². The van der Waals surface area contributed by atoms with Crippen molar-refractivity contribution in [2.24, 2.45) is 0 Å². The highest BCUT2D eigenvalue weighted by molar-refractivity contribution is 6.31. The number of hydrogen-bond acceptors (Lipinski definition) is 3. The molecular formula is C21H24ClN3O2. The third kappa shape index (κ3) is 4.25. The predicted molar refractivity (Wildman–Crippen MR) is 109 cm³/mol. The number of rotatable bonds is 4. The molecule has 1 N–H and O–H groups in total. The van der Waals surface area contributed by atoms with Gasteiger partial charge in [-0.2, -0.15) is 0 Å². The van der Waals surface area contributed by atoms with E-state index in [0.717, 1.165) is 17.7 Å². The monoisotopic (exact) mass is 385 g/mol. The number of nitrogens with zero attached hydrogens (tertiary/aromatic N) is 2. The van der Waals surface area contributed by atoms with E-state index in [4.69, 9.17) is 11.6 Å². The summed E-state index contributed by atoms with van der Waals surface area (Å²) >= 11 is 6.11. The first kappa shape index (κ1) is 19.2. The Hall–Kier alpha value is -2.53. The van der Waals surface area contributed by atoms with Gasteiger partial charge in [-0.1, -0.05) is 35.9 Å². The lowest BCUT2D eigenvalue weighted by atomic mass is 9.90. The van der Waals surface area contributed by atoms with Crippen molar-refractivity contribution in [1.82, 2.24) is 4.90 Å². The normalized spacial score (nSPS) is 15.9. The van der Waals surface area contributed by atoms with Crippen molar-refractivity contribution in [1.29, 1.82) is 0 Å². The number of amides is 2. The zero-order valence-electron chi connectivity index (χ0n) is 15.8. The summed E-state index contributed by atoms with van der Waals surface area (Å²) < 4.78 is 0. The van der Waals surface area contributed by atoms with Crippen molar-refractivity contribution in [2.75, 3.05) is 30.9 Å². The van der Waals surface area contributed by atoms with Gasteiger partial charge in [0.1, 0.15) is 0 Å². The number of benzene rings is 2. The van der Waals surface area contributed by atoms with Gasteiger partial charge in [0, 0.05) is 32.6 Å². The van der Waals surface area contributed by atoms with Gasteiger partial charge in [-0.15, -0.1) is 0 Å². The first-order valence-electron chi connectivity index (χ1n) is 8.98. The van der Waals surface area contributed by atoms with Gasteiger partial charge in [0.25, 0.3) is 0 Å². The highest BCUT2D eigenvalue weighted by Crippen LogP contribution is 2.33. The molecule has 2 amide bonds. The van der Waals surface area contributed by atoms with Crippen LogP contribution in [0.15, 0.2) is 42.5 Å². The maximum absolute atomic E-state index is 12.8. The maximum atomic E-state index is 12.8. The molecule has 1 heterocycles. The smallest absolute Gasteiger partial charge is 0.226 e. The molecular weight excluding hydrogens is 362 g/mol. The molecule has 1 atom stereocenters. The maximum Gasteiger partial charge on any atom is 0.226 e. The number of carbonyl (C=O) groups excluding carboxylic acids is 2. The average Bonchev–Trinajstić information content (AvgIpc) is 2.61. The molecule has 1 unspecified atom stereocenters. The molecule has 1 aliphatic rings. The van der Waals surface area contributed by atoms with Crippen molar-refractivity contribution in [3.05, 3.63) is 58.6 Å².